The van der Waals surface area contributed by atoms with Gasteiger partial charge in [0.25, 0.3) is 0 Å². The fourth-order valence-corrected chi connectivity index (χ4v) is 3.30. The van der Waals surface area contributed by atoms with Crippen molar-refractivity contribution in [2.75, 3.05) is 31.8 Å². The zero-order valence-corrected chi connectivity index (χ0v) is 18.0. The number of methoxy groups -OCH3 is 1. The average molecular weight is 439 g/mol. The van der Waals surface area contributed by atoms with Gasteiger partial charge in [0.15, 0.2) is 12.4 Å². The fraction of sp³-hybridized carbons (Fsp3) is 0.333. The number of benzene rings is 2. The van der Waals surface area contributed by atoms with Gasteiger partial charge in [-0.25, -0.2) is 4.79 Å². The second-order valence-corrected chi connectivity index (χ2v) is 7.35. The number of carbonyl (C=O) groups is 4. The van der Waals surface area contributed by atoms with Crippen LogP contribution in [-0.2, 0) is 19.1 Å². The van der Waals surface area contributed by atoms with Gasteiger partial charge in [0, 0.05) is 24.2 Å². The molecule has 1 atom stereocenters. The fourth-order valence-electron chi connectivity index (χ4n) is 3.30. The summed E-state index contributed by atoms with van der Waals surface area (Å²) in [5.41, 5.74) is 1.34. The Morgan fingerprint density at radius 2 is 1.78 bits per heavy atom. The van der Waals surface area contributed by atoms with E-state index in [1.165, 1.54) is 12.0 Å². The van der Waals surface area contributed by atoms with E-state index in [1.54, 1.807) is 48.5 Å². The number of rotatable bonds is 9. The van der Waals surface area contributed by atoms with E-state index in [2.05, 4.69) is 0 Å². The molecule has 8 heteroatoms. The number of nitrogens with zero attached hydrogens (tertiary/aromatic N) is 1. The summed E-state index contributed by atoms with van der Waals surface area (Å²) in [5, 5.41) is 0. The number of anilines is 1. The Balaban J connectivity index is 1.56. The van der Waals surface area contributed by atoms with Gasteiger partial charge in [-0.15, -0.1) is 0 Å². The number of carbonyl (C=O) groups excluding carboxylic acids is 4. The van der Waals surface area contributed by atoms with Crippen LogP contribution in [0.2, 0.25) is 0 Å². The second kappa shape index (κ2) is 10.6. The summed E-state index contributed by atoms with van der Waals surface area (Å²) in [6.45, 7) is 1.98. The molecule has 0 spiro atoms. The molecule has 1 heterocycles. The molecule has 1 aliphatic rings. The van der Waals surface area contributed by atoms with Gasteiger partial charge < -0.3 is 19.1 Å². The summed E-state index contributed by atoms with van der Waals surface area (Å²) >= 11 is 0. The zero-order chi connectivity index (χ0) is 23.1. The van der Waals surface area contributed by atoms with Crippen molar-refractivity contribution in [2.45, 2.75) is 19.8 Å². The molecule has 0 aromatic heterocycles. The third-order valence-corrected chi connectivity index (χ3v) is 5.05. The van der Waals surface area contributed by atoms with E-state index in [-0.39, 0.29) is 24.7 Å². The lowest BCUT2D eigenvalue weighted by Crippen LogP contribution is -2.27. The molecular formula is C24H25NO7. The third kappa shape index (κ3) is 5.51. The first kappa shape index (κ1) is 23.0. The Kier molecular flexibility index (Phi) is 7.59. The maximum absolute atomic E-state index is 12.4. The van der Waals surface area contributed by atoms with Crippen LogP contribution in [0.15, 0.2) is 48.5 Å². The SMILES string of the molecule is CCCOC(=O)c1ccc(N2C[C@H](C(=O)OCC(=O)c3cccc(OC)c3)CC2=O)cc1. The van der Waals surface area contributed by atoms with Gasteiger partial charge in [0.2, 0.25) is 5.91 Å². The summed E-state index contributed by atoms with van der Waals surface area (Å²) < 4.78 is 15.3. The number of hydrogen-bond donors (Lipinski definition) is 0. The van der Waals surface area contributed by atoms with Crippen LogP contribution < -0.4 is 9.64 Å². The molecule has 8 nitrogen and oxygen atoms in total. The van der Waals surface area contributed by atoms with Crippen molar-refractivity contribution in [2.24, 2.45) is 5.92 Å². The Morgan fingerprint density at radius 1 is 1.03 bits per heavy atom. The van der Waals surface area contributed by atoms with Crippen molar-refractivity contribution in [1.82, 2.24) is 0 Å². The smallest absolute Gasteiger partial charge is 0.338 e. The highest BCUT2D eigenvalue weighted by atomic mass is 16.5. The van der Waals surface area contributed by atoms with E-state index in [0.29, 0.717) is 29.2 Å². The largest absolute Gasteiger partial charge is 0.497 e. The molecule has 2 aromatic rings. The monoisotopic (exact) mass is 439 g/mol. The molecule has 0 bridgehead atoms. The van der Waals surface area contributed by atoms with Gasteiger partial charge in [-0.2, -0.15) is 0 Å². The minimum absolute atomic E-state index is 0.00746. The van der Waals surface area contributed by atoms with Crippen molar-refractivity contribution in [3.05, 3.63) is 59.7 Å². The van der Waals surface area contributed by atoms with Gasteiger partial charge in [-0.1, -0.05) is 19.1 Å². The van der Waals surface area contributed by atoms with Gasteiger partial charge in [0.1, 0.15) is 5.75 Å². The highest BCUT2D eigenvalue weighted by Crippen LogP contribution is 2.26. The maximum atomic E-state index is 12.4. The minimum Gasteiger partial charge on any atom is -0.497 e. The lowest BCUT2D eigenvalue weighted by Gasteiger charge is -2.17. The summed E-state index contributed by atoms with van der Waals surface area (Å²) in [4.78, 5) is 50.5. The van der Waals surface area contributed by atoms with Crippen LogP contribution in [0.1, 0.15) is 40.5 Å². The van der Waals surface area contributed by atoms with E-state index in [0.717, 1.165) is 6.42 Å². The van der Waals surface area contributed by atoms with Gasteiger partial charge >= 0.3 is 11.9 Å². The number of Topliss-reactive ketones (excluding diaryl/α,β-unsaturated/α-hetero) is 1. The van der Waals surface area contributed by atoms with Gasteiger partial charge in [-0.05, 0) is 42.8 Å². The van der Waals surface area contributed by atoms with E-state index >= 15 is 0 Å². The quantitative estimate of drug-likeness (QED) is 0.437. The molecule has 3 rings (SSSR count). The normalized spacial score (nSPS) is 15.4. The Labute approximate surface area is 186 Å². The van der Waals surface area contributed by atoms with Crippen molar-refractivity contribution < 1.29 is 33.4 Å². The first-order valence-corrected chi connectivity index (χ1v) is 10.3. The number of ketones is 1. The molecule has 2 aromatic carbocycles. The number of ether oxygens (including phenoxy) is 3. The first-order chi connectivity index (χ1) is 15.4. The van der Waals surface area contributed by atoms with Crippen molar-refractivity contribution >= 4 is 29.3 Å². The predicted octanol–water partition coefficient (Wildman–Crippen LogP) is 3.04. The highest BCUT2D eigenvalue weighted by molar-refractivity contribution is 6.01. The summed E-state index contributed by atoms with van der Waals surface area (Å²) in [7, 11) is 1.50. The molecule has 168 valence electrons. The molecule has 0 N–H and O–H groups in total. The molecule has 0 radical (unpaired) electrons. The molecular weight excluding hydrogens is 414 g/mol. The molecule has 1 amide bonds. The topological polar surface area (TPSA) is 99.2 Å². The van der Waals surface area contributed by atoms with Gasteiger partial charge in [-0.3, -0.25) is 14.4 Å². The number of hydrogen-bond acceptors (Lipinski definition) is 7. The third-order valence-electron chi connectivity index (χ3n) is 5.05. The van der Waals surface area contributed by atoms with E-state index in [9.17, 15) is 19.2 Å². The van der Waals surface area contributed by atoms with E-state index in [1.807, 2.05) is 6.92 Å². The number of amides is 1. The van der Waals surface area contributed by atoms with Crippen LogP contribution >= 0.6 is 0 Å². The highest BCUT2D eigenvalue weighted by Gasteiger charge is 2.36. The van der Waals surface area contributed by atoms with Crippen LogP contribution in [0.5, 0.6) is 5.75 Å². The Morgan fingerprint density at radius 3 is 2.47 bits per heavy atom. The zero-order valence-electron chi connectivity index (χ0n) is 18.0. The van der Waals surface area contributed by atoms with Crippen molar-refractivity contribution in [1.29, 1.82) is 0 Å². The molecule has 1 saturated heterocycles. The Bertz CT molecular complexity index is 1000. The molecule has 0 aliphatic carbocycles. The van der Waals surface area contributed by atoms with Crippen LogP contribution in [0.3, 0.4) is 0 Å². The van der Waals surface area contributed by atoms with Crippen LogP contribution in [0, 0.1) is 5.92 Å². The number of esters is 2. The van der Waals surface area contributed by atoms with Crippen LogP contribution in [0.25, 0.3) is 0 Å². The van der Waals surface area contributed by atoms with Crippen LogP contribution in [0.4, 0.5) is 5.69 Å². The van der Waals surface area contributed by atoms with Crippen molar-refractivity contribution in [3.63, 3.8) is 0 Å². The summed E-state index contributed by atoms with van der Waals surface area (Å²) in [6, 6.07) is 13.0. The standard InChI is InChI=1S/C24H25NO7/c1-3-11-31-23(28)16-7-9-19(10-8-16)25-14-18(13-22(25)27)24(29)32-15-21(26)17-5-4-6-20(12-17)30-2/h4-10,12,18H,3,11,13-15H2,1-2H3/t18-/m1/s1. The molecule has 1 aliphatic heterocycles. The Hall–Kier alpha value is -3.68. The van der Waals surface area contributed by atoms with Gasteiger partial charge in [0.05, 0.1) is 25.2 Å². The maximum Gasteiger partial charge on any atom is 0.338 e. The molecule has 32 heavy (non-hydrogen) atoms. The lowest BCUT2D eigenvalue weighted by molar-refractivity contribution is -0.147. The lowest BCUT2D eigenvalue weighted by atomic mass is 10.1. The van der Waals surface area contributed by atoms with E-state index in [4.69, 9.17) is 14.2 Å². The van der Waals surface area contributed by atoms with E-state index < -0.39 is 24.5 Å². The first-order valence-electron chi connectivity index (χ1n) is 10.3. The minimum atomic E-state index is -0.671. The molecule has 0 unspecified atom stereocenters. The summed E-state index contributed by atoms with van der Waals surface area (Å²) in [5.74, 6) is -1.75. The van der Waals surface area contributed by atoms with Crippen molar-refractivity contribution in [3.8, 4) is 5.75 Å². The summed E-state index contributed by atoms with van der Waals surface area (Å²) in [6.07, 6.45) is 0.723. The molecule has 0 saturated carbocycles. The predicted molar refractivity (Wildman–Crippen MR) is 116 cm³/mol. The average Bonchev–Trinajstić information content (AvgIpc) is 3.22. The molecule has 1 fully saturated rings. The van der Waals surface area contributed by atoms with Crippen LogP contribution in [-0.4, -0.2) is 50.5 Å². The second-order valence-electron chi connectivity index (χ2n) is 7.35.